The molecule has 3 heterocycles. The first-order valence-electron chi connectivity index (χ1n) is 12.1. The zero-order chi connectivity index (χ0) is 26.5. The van der Waals surface area contributed by atoms with Crippen LogP contribution in [-0.2, 0) is 6.42 Å². The monoisotopic (exact) mass is 507 g/mol. The Hall–Kier alpha value is -3.78. The molecule has 0 radical (unpaired) electrons. The van der Waals surface area contributed by atoms with Gasteiger partial charge in [-0.25, -0.2) is 4.98 Å². The predicted molar refractivity (Wildman–Crippen MR) is 148 cm³/mol. The maximum atomic E-state index is 11.8. The number of aromatic nitrogens is 5. The van der Waals surface area contributed by atoms with E-state index in [2.05, 4.69) is 35.8 Å². The van der Waals surface area contributed by atoms with Gasteiger partial charge < -0.3 is 10.6 Å². The number of pyridine rings is 1. The third kappa shape index (κ3) is 7.88. The van der Waals surface area contributed by atoms with E-state index in [1.807, 2.05) is 59.0 Å². The number of aryl methyl sites for hydroxylation is 1. The number of benzene rings is 1. The lowest BCUT2D eigenvalue weighted by Crippen LogP contribution is -2.09. The molecule has 3 aromatic heterocycles. The van der Waals surface area contributed by atoms with E-state index in [0.717, 1.165) is 34.4 Å². The Bertz CT molecular complexity index is 1240. The smallest absolute Gasteiger partial charge is 0.229 e. The summed E-state index contributed by atoms with van der Waals surface area (Å²) in [6, 6.07) is 7.48. The Morgan fingerprint density at radius 3 is 2.50 bits per heavy atom. The molecule has 0 saturated carbocycles. The summed E-state index contributed by atoms with van der Waals surface area (Å²) in [4.78, 5) is 25.2. The Balaban J connectivity index is 0.00000109. The number of aromatic amines is 1. The molecule has 190 valence electrons. The number of H-pyrrole nitrogens is 1. The highest BCUT2D eigenvalue weighted by Gasteiger charge is 2.12. The maximum Gasteiger partial charge on any atom is 0.229 e. The van der Waals surface area contributed by atoms with Crippen molar-refractivity contribution in [3.8, 4) is 11.1 Å². The molecule has 0 aliphatic carbocycles. The fourth-order valence-corrected chi connectivity index (χ4v) is 3.29. The van der Waals surface area contributed by atoms with Crippen molar-refractivity contribution < 1.29 is 4.79 Å². The van der Waals surface area contributed by atoms with Gasteiger partial charge in [0.25, 0.3) is 0 Å². The molecule has 0 unspecified atom stereocenters. The number of hydrogen-bond acceptors (Lipinski definition) is 7. The van der Waals surface area contributed by atoms with Crippen molar-refractivity contribution in [1.82, 2.24) is 25.1 Å². The topological polar surface area (TPSA) is 108 Å². The summed E-state index contributed by atoms with van der Waals surface area (Å²) in [5.74, 6) is 1.01. The van der Waals surface area contributed by atoms with Crippen LogP contribution >= 0.6 is 11.6 Å². The van der Waals surface area contributed by atoms with E-state index < -0.39 is 0 Å². The Kier molecular flexibility index (Phi) is 11.5. The lowest BCUT2D eigenvalue weighted by molar-refractivity contribution is 0.101. The van der Waals surface area contributed by atoms with Crippen LogP contribution in [0.25, 0.3) is 11.1 Å². The Morgan fingerprint density at radius 2 is 1.83 bits per heavy atom. The number of nitrogens with one attached hydrogen (secondary N) is 3. The minimum absolute atomic E-state index is 0.0516. The zero-order valence-corrected chi connectivity index (χ0v) is 22.4. The van der Waals surface area contributed by atoms with Crippen molar-refractivity contribution in [2.45, 2.75) is 48.0 Å². The molecule has 4 rings (SSSR count). The second kappa shape index (κ2) is 14.6. The van der Waals surface area contributed by atoms with Gasteiger partial charge in [-0.1, -0.05) is 45.4 Å². The molecule has 36 heavy (non-hydrogen) atoms. The van der Waals surface area contributed by atoms with Crippen LogP contribution in [0.15, 0.2) is 55.2 Å². The minimum atomic E-state index is -0.0516. The summed E-state index contributed by atoms with van der Waals surface area (Å²) in [5.41, 5.74) is 4.91. The first-order chi connectivity index (χ1) is 17.5. The molecule has 9 heteroatoms. The Labute approximate surface area is 218 Å². The van der Waals surface area contributed by atoms with Crippen LogP contribution in [0, 0.1) is 6.92 Å². The van der Waals surface area contributed by atoms with E-state index in [1.165, 1.54) is 6.92 Å². The summed E-state index contributed by atoms with van der Waals surface area (Å²) < 4.78 is 0. The third-order valence-corrected chi connectivity index (χ3v) is 5.34. The molecule has 0 amide bonds. The fourth-order valence-electron chi connectivity index (χ4n) is 3.11. The highest BCUT2D eigenvalue weighted by atomic mass is 35.5. The number of nitrogens with zero attached hydrogens (tertiary/aromatic N) is 4. The van der Waals surface area contributed by atoms with Crippen molar-refractivity contribution in [2.24, 2.45) is 0 Å². The van der Waals surface area contributed by atoms with Gasteiger partial charge in [0, 0.05) is 58.7 Å². The van der Waals surface area contributed by atoms with E-state index in [1.54, 1.807) is 30.9 Å². The largest absolute Gasteiger partial charge is 0.369 e. The molecule has 0 atom stereocenters. The van der Waals surface area contributed by atoms with Gasteiger partial charge in [0.1, 0.15) is 5.82 Å². The van der Waals surface area contributed by atoms with E-state index in [-0.39, 0.29) is 5.78 Å². The van der Waals surface area contributed by atoms with E-state index >= 15 is 0 Å². The second-order valence-corrected chi connectivity index (χ2v) is 7.75. The number of carbonyl (C=O) groups excluding carboxylic acids is 1. The molecule has 0 bridgehead atoms. The molecule has 0 aliphatic heterocycles. The molecular weight excluding hydrogens is 474 g/mol. The molecular formula is C27H34ClN7O. The van der Waals surface area contributed by atoms with Gasteiger partial charge in [0.15, 0.2) is 5.78 Å². The van der Waals surface area contributed by atoms with Crippen LogP contribution in [0.3, 0.4) is 0 Å². The summed E-state index contributed by atoms with van der Waals surface area (Å²) in [7, 11) is 0. The molecule has 0 spiro atoms. The normalized spacial score (nSPS) is 9.86. The van der Waals surface area contributed by atoms with Crippen molar-refractivity contribution in [1.29, 1.82) is 0 Å². The average Bonchev–Trinajstić information content (AvgIpc) is 3.42. The fraction of sp³-hybridized carbons (Fsp3) is 0.296. The highest BCUT2D eigenvalue weighted by Crippen LogP contribution is 2.28. The van der Waals surface area contributed by atoms with Crippen molar-refractivity contribution in [3.05, 3.63) is 77.0 Å². The van der Waals surface area contributed by atoms with E-state index in [9.17, 15) is 4.79 Å². The number of halogens is 1. The van der Waals surface area contributed by atoms with Gasteiger partial charge in [-0.2, -0.15) is 10.1 Å². The van der Waals surface area contributed by atoms with Crippen LogP contribution < -0.4 is 10.6 Å². The number of Topliss-reactive ketones (excluding diaryl/α,β-unsaturated/α-hetero) is 1. The summed E-state index contributed by atoms with van der Waals surface area (Å²) in [5, 5.41) is 14.0. The molecule has 0 saturated heterocycles. The lowest BCUT2D eigenvalue weighted by atomic mass is 10.1. The zero-order valence-electron chi connectivity index (χ0n) is 21.7. The molecule has 0 fully saturated rings. The SMILES string of the molecule is CC.CC.CC(=O)c1cncc(-c2cnc(Nc3ccc(C)c(Cl)c3)nc2NCCc2cn[nH]c2)c1. The highest BCUT2D eigenvalue weighted by molar-refractivity contribution is 6.31. The maximum absolute atomic E-state index is 11.8. The first-order valence-corrected chi connectivity index (χ1v) is 12.5. The van der Waals surface area contributed by atoms with Crippen LogP contribution in [0.2, 0.25) is 5.02 Å². The molecule has 0 aliphatic rings. The molecule has 4 aromatic rings. The van der Waals surface area contributed by atoms with Gasteiger partial charge in [-0.05, 0) is 49.6 Å². The van der Waals surface area contributed by atoms with Gasteiger partial charge >= 0.3 is 0 Å². The standard InChI is InChI=1S/C23H22ClN7O.2C2H6/c1-14-3-4-19(8-21(14)24)30-23-27-13-20(18-7-17(15(2)32)11-25-12-18)22(31-23)26-6-5-16-9-28-29-10-16;2*1-2/h3-4,7-13H,5-6H2,1-2H3,(H,28,29)(H2,26,27,30,31);2*1-2H3. The number of hydrogen-bond donors (Lipinski definition) is 3. The number of ketones is 1. The first kappa shape index (κ1) is 28.5. The minimum Gasteiger partial charge on any atom is -0.369 e. The van der Waals surface area contributed by atoms with E-state index in [0.29, 0.717) is 28.9 Å². The van der Waals surface area contributed by atoms with Gasteiger partial charge in [-0.15, -0.1) is 0 Å². The second-order valence-electron chi connectivity index (χ2n) is 7.35. The number of anilines is 3. The van der Waals surface area contributed by atoms with E-state index in [4.69, 9.17) is 11.6 Å². The van der Waals surface area contributed by atoms with Crippen LogP contribution in [0.4, 0.5) is 17.5 Å². The van der Waals surface area contributed by atoms with Crippen LogP contribution in [0.1, 0.15) is 56.1 Å². The molecule has 3 N–H and O–H groups in total. The predicted octanol–water partition coefficient (Wildman–Crippen LogP) is 6.88. The Morgan fingerprint density at radius 1 is 1.06 bits per heavy atom. The summed E-state index contributed by atoms with van der Waals surface area (Å²) in [6.07, 6.45) is 9.37. The van der Waals surface area contributed by atoms with Crippen molar-refractivity contribution >= 4 is 34.8 Å². The van der Waals surface area contributed by atoms with Crippen LogP contribution in [0.5, 0.6) is 0 Å². The lowest BCUT2D eigenvalue weighted by Gasteiger charge is -2.14. The summed E-state index contributed by atoms with van der Waals surface area (Å²) in [6.45, 7) is 12.1. The van der Waals surface area contributed by atoms with Crippen molar-refractivity contribution in [2.75, 3.05) is 17.2 Å². The molecule has 1 aromatic carbocycles. The average molecular weight is 508 g/mol. The number of rotatable bonds is 8. The third-order valence-electron chi connectivity index (χ3n) is 4.93. The quantitative estimate of drug-likeness (QED) is 0.223. The number of carbonyl (C=O) groups is 1. The van der Waals surface area contributed by atoms with Crippen molar-refractivity contribution in [3.63, 3.8) is 0 Å². The molecule has 8 nitrogen and oxygen atoms in total. The summed E-state index contributed by atoms with van der Waals surface area (Å²) >= 11 is 6.24. The van der Waals surface area contributed by atoms with Crippen LogP contribution in [-0.4, -0.2) is 37.5 Å². The van der Waals surface area contributed by atoms with Gasteiger partial charge in [-0.3, -0.25) is 14.9 Å². The van der Waals surface area contributed by atoms with Gasteiger partial charge in [0.2, 0.25) is 5.95 Å². The van der Waals surface area contributed by atoms with Gasteiger partial charge in [0.05, 0.1) is 6.20 Å².